The third-order valence-corrected chi connectivity index (χ3v) is 3.26. The standard InChI is InChI=1S/C14H19NO/c16-14-8-4-7-13(14)11-15-10-9-12-5-2-1-3-6-12/h1-3,5-6,13,15H,4,7-11H2. The summed E-state index contributed by atoms with van der Waals surface area (Å²) in [7, 11) is 0. The van der Waals surface area contributed by atoms with Crippen LogP contribution in [0.15, 0.2) is 30.3 Å². The van der Waals surface area contributed by atoms with E-state index in [2.05, 4.69) is 29.6 Å². The van der Waals surface area contributed by atoms with Gasteiger partial charge in [0.25, 0.3) is 0 Å². The highest BCUT2D eigenvalue weighted by atomic mass is 16.1. The maximum atomic E-state index is 11.4. The molecule has 16 heavy (non-hydrogen) atoms. The Balaban J connectivity index is 1.64. The van der Waals surface area contributed by atoms with Crippen molar-refractivity contribution in [2.45, 2.75) is 25.7 Å². The van der Waals surface area contributed by atoms with Gasteiger partial charge in [0.15, 0.2) is 0 Å². The summed E-state index contributed by atoms with van der Waals surface area (Å²) >= 11 is 0. The van der Waals surface area contributed by atoms with E-state index in [0.29, 0.717) is 5.78 Å². The molecule has 0 amide bonds. The second-order valence-corrected chi connectivity index (χ2v) is 4.50. The summed E-state index contributed by atoms with van der Waals surface area (Å²) in [5, 5.41) is 3.39. The van der Waals surface area contributed by atoms with Gasteiger partial charge in [0.2, 0.25) is 0 Å². The topological polar surface area (TPSA) is 29.1 Å². The van der Waals surface area contributed by atoms with Crippen molar-refractivity contribution >= 4 is 5.78 Å². The molecule has 0 saturated heterocycles. The zero-order valence-corrected chi connectivity index (χ0v) is 9.61. The van der Waals surface area contributed by atoms with Crippen LogP contribution in [0.25, 0.3) is 0 Å². The summed E-state index contributed by atoms with van der Waals surface area (Å²) in [6, 6.07) is 10.4. The number of carbonyl (C=O) groups is 1. The number of hydrogen-bond donors (Lipinski definition) is 1. The van der Waals surface area contributed by atoms with E-state index in [9.17, 15) is 4.79 Å². The van der Waals surface area contributed by atoms with Gasteiger partial charge >= 0.3 is 0 Å². The second kappa shape index (κ2) is 5.80. The van der Waals surface area contributed by atoms with Crippen LogP contribution in [0.4, 0.5) is 0 Å². The molecule has 2 nitrogen and oxygen atoms in total. The number of rotatable bonds is 5. The first-order valence-corrected chi connectivity index (χ1v) is 6.13. The smallest absolute Gasteiger partial charge is 0.137 e. The quantitative estimate of drug-likeness (QED) is 0.766. The lowest BCUT2D eigenvalue weighted by Gasteiger charge is -2.09. The van der Waals surface area contributed by atoms with Gasteiger partial charge in [-0.15, -0.1) is 0 Å². The zero-order valence-electron chi connectivity index (χ0n) is 9.61. The maximum Gasteiger partial charge on any atom is 0.137 e. The van der Waals surface area contributed by atoms with E-state index in [4.69, 9.17) is 0 Å². The van der Waals surface area contributed by atoms with Gasteiger partial charge in [-0.25, -0.2) is 0 Å². The molecule has 1 unspecified atom stereocenters. The molecule has 0 aromatic heterocycles. The molecular formula is C14H19NO. The molecule has 2 rings (SSSR count). The molecule has 0 aliphatic heterocycles. The van der Waals surface area contributed by atoms with Crippen LogP contribution in [-0.2, 0) is 11.2 Å². The summed E-state index contributed by atoms with van der Waals surface area (Å²) in [5.74, 6) is 0.739. The first kappa shape index (κ1) is 11.3. The van der Waals surface area contributed by atoms with Crippen molar-refractivity contribution in [2.24, 2.45) is 5.92 Å². The molecule has 1 aliphatic rings. The fourth-order valence-corrected chi connectivity index (χ4v) is 2.26. The third kappa shape index (κ3) is 3.17. The molecule has 0 bridgehead atoms. The lowest BCUT2D eigenvalue weighted by Crippen LogP contribution is -2.27. The minimum Gasteiger partial charge on any atom is -0.316 e. The second-order valence-electron chi connectivity index (χ2n) is 4.50. The third-order valence-electron chi connectivity index (χ3n) is 3.26. The van der Waals surface area contributed by atoms with E-state index < -0.39 is 0 Å². The number of hydrogen-bond acceptors (Lipinski definition) is 2. The van der Waals surface area contributed by atoms with Crippen molar-refractivity contribution in [3.63, 3.8) is 0 Å². The number of Topliss-reactive ketones (excluding diaryl/α,β-unsaturated/α-hetero) is 1. The van der Waals surface area contributed by atoms with Crippen molar-refractivity contribution in [3.05, 3.63) is 35.9 Å². The van der Waals surface area contributed by atoms with Gasteiger partial charge in [0, 0.05) is 18.9 Å². The van der Waals surface area contributed by atoms with Crippen LogP contribution in [0, 0.1) is 5.92 Å². The summed E-state index contributed by atoms with van der Waals surface area (Å²) in [4.78, 5) is 11.4. The lowest BCUT2D eigenvalue weighted by atomic mass is 10.1. The predicted octanol–water partition coefficient (Wildman–Crippen LogP) is 2.19. The van der Waals surface area contributed by atoms with Gasteiger partial charge in [-0.3, -0.25) is 4.79 Å². The summed E-state index contributed by atoms with van der Waals surface area (Å²) < 4.78 is 0. The summed E-state index contributed by atoms with van der Waals surface area (Å²) in [6.07, 6.45) is 4.01. The molecular weight excluding hydrogens is 198 g/mol. The Kier molecular flexibility index (Phi) is 4.11. The molecule has 2 heteroatoms. The fraction of sp³-hybridized carbons (Fsp3) is 0.500. The molecule has 0 heterocycles. The molecule has 1 fully saturated rings. The zero-order chi connectivity index (χ0) is 11.2. The fourth-order valence-electron chi connectivity index (χ4n) is 2.26. The molecule has 1 N–H and O–H groups in total. The van der Waals surface area contributed by atoms with Gasteiger partial charge in [-0.2, -0.15) is 0 Å². The van der Waals surface area contributed by atoms with E-state index in [1.54, 1.807) is 0 Å². The predicted molar refractivity (Wildman–Crippen MR) is 65.4 cm³/mol. The minimum absolute atomic E-state index is 0.288. The number of ketones is 1. The monoisotopic (exact) mass is 217 g/mol. The lowest BCUT2D eigenvalue weighted by molar-refractivity contribution is -0.120. The number of carbonyl (C=O) groups excluding carboxylic acids is 1. The maximum absolute atomic E-state index is 11.4. The van der Waals surface area contributed by atoms with Crippen molar-refractivity contribution < 1.29 is 4.79 Å². The van der Waals surface area contributed by atoms with Crippen molar-refractivity contribution in [1.82, 2.24) is 5.32 Å². The number of benzene rings is 1. The Morgan fingerprint density at radius 3 is 2.75 bits per heavy atom. The molecule has 1 aliphatic carbocycles. The van der Waals surface area contributed by atoms with E-state index in [1.165, 1.54) is 5.56 Å². The first-order valence-electron chi connectivity index (χ1n) is 6.13. The van der Waals surface area contributed by atoms with Crippen LogP contribution in [0.3, 0.4) is 0 Å². The Labute approximate surface area is 97.1 Å². The highest BCUT2D eigenvalue weighted by Gasteiger charge is 2.23. The first-order chi connectivity index (χ1) is 7.86. The van der Waals surface area contributed by atoms with Gasteiger partial charge in [-0.1, -0.05) is 30.3 Å². The van der Waals surface area contributed by atoms with Gasteiger partial charge in [0.05, 0.1) is 0 Å². The highest BCUT2D eigenvalue weighted by molar-refractivity contribution is 5.83. The Morgan fingerprint density at radius 2 is 2.06 bits per heavy atom. The largest absolute Gasteiger partial charge is 0.316 e. The molecule has 0 radical (unpaired) electrons. The summed E-state index contributed by atoms with van der Waals surface area (Å²) in [6.45, 7) is 1.83. The SMILES string of the molecule is O=C1CCCC1CNCCc1ccccc1. The van der Waals surface area contributed by atoms with E-state index in [1.807, 2.05) is 6.07 Å². The van der Waals surface area contributed by atoms with E-state index in [0.717, 1.165) is 38.8 Å². The van der Waals surface area contributed by atoms with E-state index >= 15 is 0 Å². The highest BCUT2D eigenvalue weighted by Crippen LogP contribution is 2.20. The van der Waals surface area contributed by atoms with Crippen molar-refractivity contribution in [3.8, 4) is 0 Å². The van der Waals surface area contributed by atoms with Crippen molar-refractivity contribution in [2.75, 3.05) is 13.1 Å². The van der Waals surface area contributed by atoms with Gasteiger partial charge in [0.1, 0.15) is 5.78 Å². The molecule has 86 valence electrons. The average molecular weight is 217 g/mol. The molecule has 1 aromatic carbocycles. The molecule has 0 spiro atoms. The number of nitrogens with one attached hydrogen (secondary N) is 1. The van der Waals surface area contributed by atoms with Crippen LogP contribution in [0.2, 0.25) is 0 Å². The van der Waals surface area contributed by atoms with Crippen LogP contribution in [0.5, 0.6) is 0 Å². The molecule has 1 aromatic rings. The Hall–Kier alpha value is -1.15. The van der Waals surface area contributed by atoms with Gasteiger partial charge < -0.3 is 5.32 Å². The van der Waals surface area contributed by atoms with E-state index in [-0.39, 0.29) is 5.92 Å². The normalized spacial score (nSPS) is 20.2. The van der Waals surface area contributed by atoms with Crippen LogP contribution >= 0.6 is 0 Å². The Morgan fingerprint density at radius 1 is 1.25 bits per heavy atom. The molecule has 1 saturated carbocycles. The summed E-state index contributed by atoms with van der Waals surface area (Å²) in [5.41, 5.74) is 1.35. The van der Waals surface area contributed by atoms with Crippen molar-refractivity contribution in [1.29, 1.82) is 0 Å². The van der Waals surface area contributed by atoms with Crippen LogP contribution < -0.4 is 5.32 Å². The van der Waals surface area contributed by atoms with Crippen LogP contribution in [0.1, 0.15) is 24.8 Å². The minimum atomic E-state index is 0.288. The Bertz CT molecular complexity index is 334. The average Bonchev–Trinajstić information content (AvgIpc) is 2.72. The van der Waals surface area contributed by atoms with Gasteiger partial charge in [-0.05, 0) is 31.4 Å². The van der Waals surface area contributed by atoms with Crippen LogP contribution in [-0.4, -0.2) is 18.9 Å². The molecule has 1 atom stereocenters.